The van der Waals surface area contributed by atoms with Gasteiger partial charge in [-0.05, 0) is 24.6 Å². The first-order valence-electron chi connectivity index (χ1n) is 6.26. The summed E-state index contributed by atoms with van der Waals surface area (Å²) < 4.78 is 5.13. The predicted octanol–water partition coefficient (Wildman–Crippen LogP) is 3.87. The summed E-state index contributed by atoms with van der Waals surface area (Å²) in [5, 5.41) is 2.40. The normalized spacial score (nSPS) is 11.7. The topological polar surface area (TPSA) is 38.3 Å². The molecule has 1 atom stereocenters. The number of hydrogen-bond donors (Lipinski definition) is 1. The van der Waals surface area contributed by atoms with Crippen molar-refractivity contribution in [3.63, 3.8) is 0 Å². The molecule has 1 radical (unpaired) electrons. The number of nitrogens with one attached hydrogen (secondary N) is 1. The summed E-state index contributed by atoms with van der Waals surface area (Å²) in [6, 6.07) is 19.3. The van der Waals surface area contributed by atoms with Gasteiger partial charge in [0.05, 0.1) is 5.37 Å². The van der Waals surface area contributed by atoms with Crippen molar-refractivity contribution in [1.82, 2.24) is 5.32 Å². The lowest BCUT2D eigenvalue weighted by Crippen LogP contribution is -2.30. The van der Waals surface area contributed by atoms with E-state index >= 15 is 0 Å². The fourth-order valence-corrected chi connectivity index (χ4v) is 2.39. The molecule has 1 amide bonds. The lowest BCUT2D eigenvalue weighted by atomic mass is 10.2. The monoisotopic (exact) mass is 286 g/mol. The number of benzene rings is 2. The first-order chi connectivity index (χ1) is 9.74. The number of alkyl carbamates (subject to hydrolysis) is 1. The number of ether oxygens (including phenoxy) is 1. The van der Waals surface area contributed by atoms with Gasteiger partial charge >= 0.3 is 6.09 Å². The maximum atomic E-state index is 11.6. The number of carbonyl (C=O) groups excluding carboxylic acids is 1. The van der Waals surface area contributed by atoms with Crippen LogP contribution in [0.5, 0.6) is 0 Å². The minimum Gasteiger partial charge on any atom is -0.445 e. The van der Waals surface area contributed by atoms with Crippen LogP contribution in [0.2, 0.25) is 0 Å². The Bertz CT molecular complexity index is 531. The van der Waals surface area contributed by atoms with E-state index in [1.54, 1.807) is 0 Å². The van der Waals surface area contributed by atoms with E-state index in [4.69, 9.17) is 4.74 Å². The van der Waals surface area contributed by atoms with Gasteiger partial charge < -0.3 is 10.1 Å². The number of carbonyl (C=O) groups is 1. The van der Waals surface area contributed by atoms with Gasteiger partial charge in [-0.2, -0.15) is 0 Å². The summed E-state index contributed by atoms with van der Waals surface area (Å²) in [6.45, 7) is 4.14. The van der Waals surface area contributed by atoms with Crippen molar-refractivity contribution in [2.75, 3.05) is 0 Å². The average molecular weight is 286 g/mol. The van der Waals surface area contributed by atoms with Crippen LogP contribution in [0.15, 0.2) is 65.6 Å². The molecule has 103 valence electrons. The van der Waals surface area contributed by atoms with Crippen molar-refractivity contribution in [3.05, 3.63) is 73.2 Å². The van der Waals surface area contributed by atoms with Crippen LogP contribution in [0.1, 0.15) is 5.56 Å². The largest absolute Gasteiger partial charge is 0.445 e. The zero-order valence-corrected chi connectivity index (χ0v) is 11.8. The molecule has 0 aliphatic heterocycles. The minimum absolute atomic E-state index is 0.259. The van der Waals surface area contributed by atoms with Crippen molar-refractivity contribution in [2.24, 2.45) is 0 Å². The maximum Gasteiger partial charge on any atom is 0.408 e. The Morgan fingerprint density at radius 3 is 2.35 bits per heavy atom. The van der Waals surface area contributed by atoms with E-state index in [0.29, 0.717) is 0 Å². The molecule has 1 N–H and O–H groups in total. The molecule has 2 aromatic carbocycles. The highest BCUT2D eigenvalue weighted by atomic mass is 32.2. The number of hydrogen-bond acceptors (Lipinski definition) is 3. The molecular weight excluding hydrogens is 270 g/mol. The molecule has 0 heterocycles. The molecule has 0 aliphatic carbocycles. The molecule has 2 aromatic rings. The summed E-state index contributed by atoms with van der Waals surface area (Å²) in [7, 11) is 0. The molecule has 4 heteroatoms. The average Bonchev–Trinajstić information content (AvgIpc) is 2.47. The van der Waals surface area contributed by atoms with Gasteiger partial charge in [-0.1, -0.05) is 48.5 Å². The summed E-state index contributed by atoms with van der Waals surface area (Å²) in [4.78, 5) is 12.7. The quantitative estimate of drug-likeness (QED) is 0.670. The van der Waals surface area contributed by atoms with Crippen LogP contribution in [-0.4, -0.2) is 11.5 Å². The second-order valence-electron chi connectivity index (χ2n) is 4.13. The Kier molecular flexibility index (Phi) is 5.50. The Morgan fingerprint density at radius 2 is 1.70 bits per heavy atom. The van der Waals surface area contributed by atoms with Gasteiger partial charge in [0.1, 0.15) is 6.61 Å². The number of rotatable bonds is 5. The van der Waals surface area contributed by atoms with Gasteiger partial charge in [0.2, 0.25) is 0 Å². The van der Waals surface area contributed by atoms with Crippen molar-refractivity contribution >= 4 is 17.9 Å². The summed E-state index contributed by atoms with van der Waals surface area (Å²) >= 11 is 1.47. The highest BCUT2D eigenvalue weighted by Gasteiger charge is 2.09. The van der Waals surface area contributed by atoms with Crippen molar-refractivity contribution < 1.29 is 9.53 Å². The summed E-state index contributed by atoms with van der Waals surface area (Å²) in [6.07, 6.45) is -0.461. The standard InChI is InChI=1S/C16H16NO2S/c1-13(20-15-10-6-3-7-11-15)17-16(18)19-12-14-8-4-2-5-9-14/h2-11,13H,1,12H2,(H,17,18). The smallest absolute Gasteiger partial charge is 0.408 e. The molecular formula is C16H16NO2S. The highest BCUT2D eigenvalue weighted by Crippen LogP contribution is 2.20. The van der Waals surface area contributed by atoms with Crippen LogP contribution >= 0.6 is 11.8 Å². The molecule has 0 spiro atoms. The summed E-state index contributed by atoms with van der Waals surface area (Å²) in [5.74, 6) is 0. The van der Waals surface area contributed by atoms with E-state index in [0.717, 1.165) is 10.5 Å². The van der Waals surface area contributed by atoms with E-state index in [1.807, 2.05) is 60.7 Å². The Morgan fingerprint density at radius 1 is 1.10 bits per heavy atom. The van der Waals surface area contributed by atoms with E-state index in [9.17, 15) is 4.79 Å². The van der Waals surface area contributed by atoms with Crippen molar-refractivity contribution in [1.29, 1.82) is 0 Å². The Labute approximate surface area is 123 Å². The number of amides is 1. The van der Waals surface area contributed by atoms with Gasteiger partial charge in [-0.3, -0.25) is 0 Å². The Hall–Kier alpha value is -1.94. The van der Waals surface area contributed by atoms with Gasteiger partial charge in [-0.15, -0.1) is 11.8 Å². The molecule has 3 nitrogen and oxygen atoms in total. The lowest BCUT2D eigenvalue weighted by molar-refractivity contribution is 0.140. The van der Waals surface area contributed by atoms with Crippen LogP contribution in [0.25, 0.3) is 0 Å². The van der Waals surface area contributed by atoms with Crippen LogP contribution in [0, 0.1) is 6.92 Å². The molecule has 0 saturated heterocycles. The third kappa shape index (κ3) is 4.97. The van der Waals surface area contributed by atoms with Crippen LogP contribution in [0.4, 0.5) is 4.79 Å². The van der Waals surface area contributed by atoms with Crippen molar-refractivity contribution in [2.45, 2.75) is 16.9 Å². The van der Waals surface area contributed by atoms with Gasteiger partial charge in [0.15, 0.2) is 0 Å². The fourth-order valence-electron chi connectivity index (χ4n) is 1.59. The molecule has 1 unspecified atom stereocenters. The molecule has 0 fully saturated rings. The highest BCUT2D eigenvalue weighted by molar-refractivity contribution is 8.00. The van der Waals surface area contributed by atoms with Crippen molar-refractivity contribution in [3.8, 4) is 0 Å². The van der Waals surface area contributed by atoms with E-state index in [-0.39, 0.29) is 12.0 Å². The zero-order valence-electron chi connectivity index (χ0n) is 11.0. The first-order valence-corrected chi connectivity index (χ1v) is 7.14. The van der Waals surface area contributed by atoms with Crippen LogP contribution in [0.3, 0.4) is 0 Å². The van der Waals surface area contributed by atoms with E-state index in [2.05, 4.69) is 12.2 Å². The molecule has 20 heavy (non-hydrogen) atoms. The van der Waals surface area contributed by atoms with Crippen LogP contribution < -0.4 is 5.32 Å². The predicted molar refractivity (Wildman–Crippen MR) is 81.2 cm³/mol. The van der Waals surface area contributed by atoms with Gasteiger partial charge in [0, 0.05) is 4.90 Å². The molecule has 0 bridgehead atoms. The lowest BCUT2D eigenvalue weighted by Gasteiger charge is -2.13. The molecule has 0 saturated carbocycles. The summed E-state index contributed by atoms with van der Waals surface area (Å²) in [5.41, 5.74) is 0.957. The van der Waals surface area contributed by atoms with E-state index < -0.39 is 6.09 Å². The number of thioether (sulfide) groups is 1. The van der Waals surface area contributed by atoms with Crippen LogP contribution in [-0.2, 0) is 11.3 Å². The minimum atomic E-state index is -0.461. The third-order valence-electron chi connectivity index (χ3n) is 2.51. The fraction of sp³-hybridized carbons (Fsp3) is 0.125. The second kappa shape index (κ2) is 7.60. The first kappa shape index (κ1) is 14.5. The van der Waals surface area contributed by atoms with Gasteiger partial charge in [-0.25, -0.2) is 4.79 Å². The zero-order chi connectivity index (χ0) is 14.2. The SMILES string of the molecule is [CH2]C(NC(=O)OCc1ccccc1)Sc1ccccc1. The van der Waals surface area contributed by atoms with E-state index in [1.165, 1.54) is 11.8 Å². The molecule has 0 aromatic heterocycles. The Balaban J connectivity index is 1.74. The molecule has 0 aliphatic rings. The third-order valence-corrected chi connectivity index (χ3v) is 3.46. The molecule has 2 rings (SSSR count). The second-order valence-corrected chi connectivity index (χ2v) is 5.40. The van der Waals surface area contributed by atoms with Gasteiger partial charge in [0.25, 0.3) is 0 Å². The maximum absolute atomic E-state index is 11.6.